The molecule has 2 rings (SSSR count). The maximum absolute atomic E-state index is 11.4. The Balaban J connectivity index is 2.30. The quantitative estimate of drug-likeness (QED) is 0.819. The molecule has 0 spiro atoms. The van der Waals surface area contributed by atoms with Crippen molar-refractivity contribution < 1.29 is 14.6 Å². The number of hydrogen-bond donors (Lipinski definition) is 1. The van der Waals surface area contributed by atoms with Gasteiger partial charge in [0.25, 0.3) is 0 Å². The van der Waals surface area contributed by atoms with Crippen molar-refractivity contribution in [3.05, 3.63) is 20.7 Å². The van der Waals surface area contributed by atoms with Gasteiger partial charge in [-0.25, -0.2) is 0 Å². The number of carboxylic acids is 1. The Morgan fingerprint density at radius 2 is 2.53 bits per heavy atom. The minimum Gasteiger partial charge on any atom is -0.480 e. The molecule has 0 aromatic carbocycles. The second-order valence-electron chi connectivity index (χ2n) is 3.47. The summed E-state index contributed by atoms with van der Waals surface area (Å²) in [4.78, 5) is 21.8. The highest BCUT2D eigenvalue weighted by atomic mass is 32.1. The van der Waals surface area contributed by atoms with Crippen molar-refractivity contribution in [1.29, 1.82) is 0 Å². The molecule has 1 fully saturated rings. The van der Waals surface area contributed by atoms with Crippen LogP contribution in [-0.4, -0.2) is 28.9 Å². The number of rotatable bonds is 3. The Bertz CT molecular complexity index is 416. The van der Waals surface area contributed by atoms with Crippen LogP contribution in [-0.2, 0) is 16.1 Å². The van der Waals surface area contributed by atoms with Crippen LogP contribution in [0.25, 0.3) is 0 Å². The molecule has 0 amide bonds. The van der Waals surface area contributed by atoms with E-state index in [1.807, 2.05) is 0 Å². The third-order valence-electron chi connectivity index (χ3n) is 2.45. The first-order valence-electron chi connectivity index (χ1n) is 4.66. The summed E-state index contributed by atoms with van der Waals surface area (Å²) in [6.07, 6.45) is 0.857. The van der Waals surface area contributed by atoms with Gasteiger partial charge < -0.3 is 9.84 Å². The van der Waals surface area contributed by atoms with Crippen LogP contribution < -0.4 is 4.87 Å². The Hall–Kier alpha value is -1.14. The van der Waals surface area contributed by atoms with E-state index in [1.165, 1.54) is 4.57 Å². The van der Waals surface area contributed by atoms with Crippen LogP contribution in [0, 0.1) is 0 Å². The van der Waals surface area contributed by atoms with Gasteiger partial charge in [-0.3, -0.25) is 14.2 Å². The van der Waals surface area contributed by atoms with Gasteiger partial charge in [0.1, 0.15) is 6.54 Å². The van der Waals surface area contributed by atoms with E-state index in [4.69, 9.17) is 9.84 Å². The van der Waals surface area contributed by atoms with Crippen molar-refractivity contribution in [3.63, 3.8) is 0 Å². The molecule has 6 heteroatoms. The average molecular weight is 229 g/mol. The predicted octanol–water partition coefficient (Wildman–Crippen LogP) is 0.498. The Morgan fingerprint density at radius 3 is 3.13 bits per heavy atom. The molecule has 1 N–H and O–H groups in total. The number of aromatic nitrogens is 1. The molecule has 1 aliphatic heterocycles. The lowest BCUT2D eigenvalue weighted by atomic mass is 10.1. The molecule has 5 nitrogen and oxygen atoms in total. The van der Waals surface area contributed by atoms with Gasteiger partial charge in [-0.15, -0.1) is 0 Å². The van der Waals surface area contributed by atoms with E-state index in [2.05, 4.69) is 0 Å². The lowest BCUT2D eigenvalue weighted by molar-refractivity contribution is -0.137. The Kier molecular flexibility index (Phi) is 2.88. The molecule has 1 aromatic rings. The van der Waals surface area contributed by atoms with E-state index in [-0.39, 0.29) is 17.3 Å². The molecule has 82 valence electrons. The van der Waals surface area contributed by atoms with Crippen LogP contribution in [0.1, 0.15) is 18.0 Å². The first kappa shape index (κ1) is 10.4. The molecule has 1 aliphatic rings. The van der Waals surface area contributed by atoms with Crippen LogP contribution in [0.3, 0.4) is 0 Å². The summed E-state index contributed by atoms with van der Waals surface area (Å²) < 4.78 is 6.55. The largest absolute Gasteiger partial charge is 0.480 e. The van der Waals surface area contributed by atoms with Crippen LogP contribution >= 0.6 is 11.3 Å². The fourth-order valence-electron chi connectivity index (χ4n) is 1.72. The zero-order chi connectivity index (χ0) is 10.8. The highest BCUT2D eigenvalue weighted by molar-refractivity contribution is 7.07. The van der Waals surface area contributed by atoms with Crippen molar-refractivity contribution in [2.75, 3.05) is 13.2 Å². The average Bonchev–Trinajstić information content (AvgIpc) is 2.76. The Morgan fingerprint density at radius 1 is 1.73 bits per heavy atom. The minimum absolute atomic E-state index is 0.170. The monoisotopic (exact) mass is 229 g/mol. The van der Waals surface area contributed by atoms with E-state index < -0.39 is 5.97 Å². The smallest absolute Gasteiger partial charge is 0.323 e. The second-order valence-corrected chi connectivity index (χ2v) is 4.29. The number of nitrogens with zero attached hydrogens (tertiary/aromatic N) is 1. The molecule has 1 unspecified atom stereocenters. The molecule has 1 aromatic heterocycles. The van der Waals surface area contributed by atoms with Crippen molar-refractivity contribution in [1.82, 2.24) is 4.57 Å². The fraction of sp³-hybridized carbons (Fsp3) is 0.556. The van der Waals surface area contributed by atoms with E-state index in [0.717, 1.165) is 23.5 Å². The molecule has 0 radical (unpaired) electrons. The van der Waals surface area contributed by atoms with Crippen molar-refractivity contribution in [3.8, 4) is 0 Å². The molecule has 0 aliphatic carbocycles. The molecular formula is C9H11NO4S. The van der Waals surface area contributed by atoms with Gasteiger partial charge in [-0.05, 0) is 6.42 Å². The number of carbonyl (C=O) groups is 1. The number of ether oxygens (including phenoxy) is 1. The molecular weight excluding hydrogens is 218 g/mol. The normalized spacial score (nSPS) is 20.7. The van der Waals surface area contributed by atoms with Gasteiger partial charge in [0.15, 0.2) is 0 Å². The standard InChI is InChI=1S/C9H11NO4S/c11-8(12)3-10-7(5-15-9(10)13)6-1-2-14-4-6/h5-6H,1-4H2,(H,11,12). The molecule has 2 heterocycles. The third kappa shape index (κ3) is 2.10. The van der Waals surface area contributed by atoms with E-state index in [9.17, 15) is 9.59 Å². The summed E-state index contributed by atoms with van der Waals surface area (Å²) in [7, 11) is 0. The lowest BCUT2D eigenvalue weighted by Crippen LogP contribution is -2.22. The summed E-state index contributed by atoms with van der Waals surface area (Å²) in [5.74, 6) is -0.820. The van der Waals surface area contributed by atoms with Crippen molar-refractivity contribution in [2.24, 2.45) is 0 Å². The van der Waals surface area contributed by atoms with Crippen molar-refractivity contribution >= 4 is 17.3 Å². The number of carboxylic acid groups (broad SMARTS) is 1. The van der Waals surface area contributed by atoms with Gasteiger partial charge in [-0.2, -0.15) is 0 Å². The highest BCUT2D eigenvalue weighted by Crippen LogP contribution is 2.25. The van der Waals surface area contributed by atoms with Crippen LogP contribution in [0.4, 0.5) is 0 Å². The Labute approximate surface area is 89.9 Å². The molecule has 0 saturated carbocycles. The van der Waals surface area contributed by atoms with E-state index in [0.29, 0.717) is 13.2 Å². The van der Waals surface area contributed by atoms with Gasteiger partial charge in [0.05, 0.1) is 6.61 Å². The number of hydrogen-bond acceptors (Lipinski definition) is 4. The van der Waals surface area contributed by atoms with Gasteiger partial charge >= 0.3 is 10.8 Å². The second kappa shape index (κ2) is 4.16. The molecule has 1 saturated heterocycles. The molecule has 1 atom stereocenters. The summed E-state index contributed by atoms with van der Waals surface area (Å²) in [6, 6.07) is 0. The van der Waals surface area contributed by atoms with Crippen molar-refractivity contribution in [2.45, 2.75) is 18.9 Å². The maximum Gasteiger partial charge on any atom is 0.323 e. The fourth-order valence-corrected chi connectivity index (χ4v) is 2.56. The number of thiazole rings is 1. The summed E-state index contributed by atoms with van der Waals surface area (Å²) >= 11 is 1.05. The first-order valence-corrected chi connectivity index (χ1v) is 5.54. The molecule has 0 bridgehead atoms. The van der Waals surface area contributed by atoms with Crippen LogP contribution in [0.2, 0.25) is 0 Å². The van der Waals surface area contributed by atoms with E-state index in [1.54, 1.807) is 5.38 Å². The van der Waals surface area contributed by atoms with Crippen LogP contribution in [0.15, 0.2) is 10.2 Å². The zero-order valence-electron chi connectivity index (χ0n) is 8.01. The van der Waals surface area contributed by atoms with Gasteiger partial charge in [0.2, 0.25) is 0 Å². The van der Waals surface area contributed by atoms with Gasteiger partial charge in [0, 0.05) is 23.6 Å². The van der Waals surface area contributed by atoms with E-state index >= 15 is 0 Å². The minimum atomic E-state index is -0.990. The summed E-state index contributed by atoms with van der Waals surface area (Å²) in [6.45, 7) is 1.01. The summed E-state index contributed by atoms with van der Waals surface area (Å²) in [5, 5.41) is 10.4. The topological polar surface area (TPSA) is 68.5 Å². The van der Waals surface area contributed by atoms with Crippen LogP contribution in [0.5, 0.6) is 0 Å². The predicted molar refractivity (Wildman–Crippen MR) is 54.4 cm³/mol. The maximum atomic E-state index is 11.4. The molecule has 15 heavy (non-hydrogen) atoms. The third-order valence-corrected chi connectivity index (χ3v) is 3.24. The first-order chi connectivity index (χ1) is 7.18. The number of aliphatic carboxylic acids is 1. The SMILES string of the molecule is O=C(O)Cn1c(C2CCOC2)csc1=O. The highest BCUT2D eigenvalue weighted by Gasteiger charge is 2.23. The zero-order valence-corrected chi connectivity index (χ0v) is 8.83. The lowest BCUT2D eigenvalue weighted by Gasteiger charge is -2.09. The van der Waals surface area contributed by atoms with Gasteiger partial charge in [-0.1, -0.05) is 11.3 Å². The summed E-state index contributed by atoms with van der Waals surface area (Å²) in [5.41, 5.74) is 0.796.